The summed E-state index contributed by atoms with van der Waals surface area (Å²) in [6, 6.07) is 2.74. The number of hydrogen-bond acceptors (Lipinski definition) is 4. The number of amides is 2. The Morgan fingerprint density at radius 3 is 2.81 bits per heavy atom. The molecular formula is C14H19N3O4. The molecule has 114 valence electrons. The molecule has 1 saturated heterocycles. The Morgan fingerprint density at radius 1 is 1.43 bits per heavy atom. The number of urea groups is 1. The predicted octanol–water partition coefficient (Wildman–Crippen LogP) is 2.51. The number of hydrogen-bond donors (Lipinski definition) is 2. The number of nitro groups is 1. The number of rotatable bonds is 4. The van der Waals surface area contributed by atoms with Crippen LogP contribution in [0.4, 0.5) is 16.2 Å². The highest BCUT2D eigenvalue weighted by atomic mass is 16.6. The van der Waals surface area contributed by atoms with Crippen LogP contribution in [0.25, 0.3) is 0 Å². The van der Waals surface area contributed by atoms with Gasteiger partial charge in [-0.3, -0.25) is 10.1 Å². The van der Waals surface area contributed by atoms with Crippen molar-refractivity contribution in [3.63, 3.8) is 0 Å². The number of nitro benzene ring substituents is 1. The molecule has 2 N–H and O–H groups in total. The lowest BCUT2D eigenvalue weighted by Crippen LogP contribution is -2.35. The number of anilines is 1. The Labute approximate surface area is 122 Å². The van der Waals surface area contributed by atoms with E-state index in [0.29, 0.717) is 23.4 Å². The first-order chi connectivity index (χ1) is 9.97. The van der Waals surface area contributed by atoms with Gasteiger partial charge in [-0.05, 0) is 38.3 Å². The number of ether oxygens (including phenoxy) is 1. The van der Waals surface area contributed by atoms with Crippen LogP contribution in [0.5, 0.6) is 0 Å². The number of nitrogens with zero attached hydrogens (tertiary/aromatic N) is 1. The molecule has 1 aromatic carbocycles. The van der Waals surface area contributed by atoms with E-state index in [9.17, 15) is 14.9 Å². The number of carbonyl (C=O) groups excluding carboxylic acids is 1. The first-order valence-corrected chi connectivity index (χ1v) is 6.89. The predicted molar refractivity (Wildman–Crippen MR) is 78.6 cm³/mol. The molecular weight excluding hydrogens is 274 g/mol. The molecule has 21 heavy (non-hydrogen) atoms. The molecule has 1 aromatic rings. The maximum absolute atomic E-state index is 11.8. The van der Waals surface area contributed by atoms with E-state index >= 15 is 0 Å². The van der Waals surface area contributed by atoms with E-state index in [1.165, 1.54) is 6.07 Å². The van der Waals surface area contributed by atoms with E-state index in [1.54, 1.807) is 19.9 Å². The van der Waals surface area contributed by atoms with Crippen molar-refractivity contribution < 1.29 is 14.5 Å². The Bertz CT molecular complexity index is 553. The molecule has 2 rings (SSSR count). The Kier molecular flexibility index (Phi) is 4.74. The van der Waals surface area contributed by atoms with Crippen molar-refractivity contribution in [2.45, 2.75) is 32.8 Å². The quantitative estimate of drug-likeness (QED) is 0.659. The first kappa shape index (κ1) is 15.2. The highest BCUT2D eigenvalue weighted by Gasteiger charge is 2.17. The number of nitrogens with one attached hydrogen (secondary N) is 2. The van der Waals surface area contributed by atoms with E-state index in [4.69, 9.17) is 4.74 Å². The molecule has 1 aliphatic rings. The maximum Gasteiger partial charge on any atom is 0.319 e. The van der Waals surface area contributed by atoms with E-state index in [1.807, 2.05) is 0 Å². The SMILES string of the molecule is Cc1cc([N+](=O)[O-])c(C)cc1NC(=O)NCC1CCCO1. The second kappa shape index (κ2) is 6.53. The summed E-state index contributed by atoms with van der Waals surface area (Å²) in [5.74, 6) is 0. The zero-order valence-electron chi connectivity index (χ0n) is 12.1. The van der Waals surface area contributed by atoms with Gasteiger partial charge in [0.25, 0.3) is 5.69 Å². The summed E-state index contributed by atoms with van der Waals surface area (Å²) in [6.45, 7) is 4.58. The largest absolute Gasteiger partial charge is 0.376 e. The average Bonchev–Trinajstić information content (AvgIpc) is 2.93. The van der Waals surface area contributed by atoms with Crippen LogP contribution in [0.3, 0.4) is 0 Å². The summed E-state index contributed by atoms with van der Waals surface area (Å²) in [5.41, 5.74) is 1.79. The average molecular weight is 293 g/mol. The van der Waals surface area contributed by atoms with Gasteiger partial charge in [-0.15, -0.1) is 0 Å². The Morgan fingerprint density at radius 2 is 2.19 bits per heavy atom. The molecule has 0 spiro atoms. The number of carbonyl (C=O) groups is 1. The van der Waals surface area contributed by atoms with Gasteiger partial charge >= 0.3 is 6.03 Å². The van der Waals surface area contributed by atoms with Crippen molar-refractivity contribution in [3.05, 3.63) is 33.4 Å². The van der Waals surface area contributed by atoms with Gasteiger partial charge in [0.15, 0.2) is 0 Å². The van der Waals surface area contributed by atoms with Crippen molar-refractivity contribution in [3.8, 4) is 0 Å². The molecule has 7 nitrogen and oxygen atoms in total. The highest BCUT2D eigenvalue weighted by Crippen LogP contribution is 2.25. The molecule has 0 radical (unpaired) electrons. The van der Waals surface area contributed by atoms with E-state index in [2.05, 4.69) is 10.6 Å². The van der Waals surface area contributed by atoms with Crippen LogP contribution in [-0.4, -0.2) is 30.2 Å². The summed E-state index contributed by atoms with van der Waals surface area (Å²) in [7, 11) is 0. The molecule has 0 aliphatic carbocycles. The van der Waals surface area contributed by atoms with Gasteiger partial charge < -0.3 is 15.4 Å². The molecule has 1 atom stereocenters. The molecule has 7 heteroatoms. The lowest BCUT2D eigenvalue weighted by Gasteiger charge is -2.13. The van der Waals surface area contributed by atoms with Crippen LogP contribution >= 0.6 is 0 Å². The minimum atomic E-state index is -0.427. The van der Waals surface area contributed by atoms with Crippen molar-refractivity contribution in [1.29, 1.82) is 0 Å². The van der Waals surface area contributed by atoms with Crippen molar-refractivity contribution >= 4 is 17.4 Å². The van der Waals surface area contributed by atoms with Crippen LogP contribution in [0.1, 0.15) is 24.0 Å². The van der Waals surface area contributed by atoms with Gasteiger partial charge in [-0.2, -0.15) is 0 Å². The number of benzene rings is 1. The molecule has 0 bridgehead atoms. The topological polar surface area (TPSA) is 93.5 Å². The van der Waals surface area contributed by atoms with Gasteiger partial charge in [0, 0.05) is 30.5 Å². The summed E-state index contributed by atoms with van der Waals surface area (Å²) in [5, 5.41) is 16.3. The minimum Gasteiger partial charge on any atom is -0.376 e. The fourth-order valence-corrected chi connectivity index (χ4v) is 2.31. The minimum absolute atomic E-state index is 0.0535. The van der Waals surface area contributed by atoms with Gasteiger partial charge in [-0.1, -0.05) is 0 Å². The smallest absolute Gasteiger partial charge is 0.319 e. The zero-order chi connectivity index (χ0) is 15.4. The molecule has 1 unspecified atom stereocenters. The Balaban J connectivity index is 1.96. The van der Waals surface area contributed by atoms with E-state index < -0.39 is 4.92 Å². The third-order valence-corrected chi connectivity index (χ3v) is 3.50. The van der Waals surface area contributed by atoms with Crippen LogP contribution in [0, 0.1) is 24.0 Å². The van der Waals surface area contributed by atoms with Crippen molar-refractivity contribution in [1.82, 2.24) is 5.32 Å². The summed E-state index contributed by atoms with van der Waals surface area (Å²) in [6.07, 6.45) is 2.06. The molecule has 1 heterocycles. The summed E-state index contributed by atoms with van der Waals surface area (Å²) >= 11 is 0. The van der Waals surface area contributed by atoms with Gasteiger partial charge in [0.2, 0.25) is 0 Å². The molecule has 2 amide bonds. The molecule has 1 fully saturated rings. The van der Waals surface area contributed by atoms with Crippen molar-refractivity contribution in [2.24, 2.45) is 0 Å². The third kappa shape index (κ3) is 3.91. The maximum atomic E-state index is 11.8. The standard InChI is InChI=1S/C14H19N3O4/c1-9-7-13(17(19)20)10(2)6-12(9)16-14(18)15-8-11-4-3-5-21-11/h6-7,11H,3-5,8H2,1-2H3,(H2,15,16,18). The normalized spacial score (nSPS) is 17.5. The Hall–Kier alpha value is -2.15. The van der Waals surface area contributed by atoms with Crippen LogP contribution in [-0.2, 0) is 4.74 Å². The second-order valence-electron chi connectivity index (χ2n) is 5.18. The van der Waals surface area contributed by atoms with Crippen molar-refractivity contribution in [2.75, 3.05) is 18.5 Å². The highest BCUT2D eigenvalue weighted by molar-refractivity contribution is 5.90. The summed E-state index contributed by atoms with van der Waals surface area (Å²) in [4.78, 5) is 22.3. The van der Waals surface area contributed by atoms with Gasteiger partial charge in [-0.25, -0.2) is 4.79 Å². The monoisotopic (exact) mass is 293 g/mol. The van der Waals surface area contributed by atoms with E-state index in [-0.39, 0.29) is 17.8 Å². The summed E-state index contributed by atoms with van der Waals surface area (Å²) < 4.78 is 5.42. The lowest BCUT2D eigenvalue weighted by molar-refractivity contribution is -0.385. The molecule has 0 aromatic heterocycles. The zero-order valence-corrected chi connectivity index (χ0v) is 12.1. The fraction of sp³-hybridized carbons (Fsp3) is 0.500. The van der Waals surface area contributed by atoms with Gasteiger partial charge in [0.1, 0.15) is 0 Å². The van der Waals surface area contributed by atoms with Crippen LogP contribution < -0.4 is 10.6 Å². The number of aryl methyl sites for hydroxylation is 2. The third-order valence-electron chi connectivity index (χ3n) is 3.50. The first-order valence-electron chi connectivity index (χ1n) is 6.89. The molecule has 1 aliphatic heterocycles. The lowest BCUT2D eigenvalue weighted by atomic mass is 10.1. The van der Waals surface area contributed by atoms with Crippen LogP contribution in [0.15, 0.2) is 12.1 Å². The fourth-order valence-electron chi connectivity index (χ4n) is 2.31. The van der Waals surface area contributed by atoms with E-state index in [0.717, 1.165) is 19.4 Å². The molecule has 0 saturated carbocycles. The van der Waals surface area contributed by atoms with Gasteiger partial charge in [0.05, 0.1) is 11.0 Å². The van der Waals surface area contributed by atoms with Crippen LogP contribution in [0.2, 0.25) is 0 Å². The second-order valence-corrected chi connectivity index (χ2v) is 5.18.